The van der Waals surface area contributed by atoms with Crippen molar-refractivity contribution < 1.29 is 4.79 Å². The molecule has 0 bridgehead atoms. The minimum Gasteiger partial charge on any atom is -0.361 e. The molecule has 1 heterocycles. The molecular weight excluding hydrogens is 192 g/mol. The molecule has 0 aliphatic carbocycles. The average Bonchev–Trinajstić information content (AvgIpc) is 2.14. The molecule has 0 fully saturated rings. The highest BCUT2D eigenvalue weighted by Gasteiger charge is 2.01. The van der Waals surface area contributed by atoms with E-state index >= 15 is 0 Å². The van der Waals surface area contributed by atoms with Crippen molar-refractivity contribution in [3.8, 4) is 0 Å². The molecule has 0 saturated carbocycles. The number of nitrogens with one attached hydrogen (secondary N) is 2. The predicted octanol–water partition coefficient (Wildman–Crippen LogP) is 0.641. The Labute approximate surface area is 89.3 Å². The van der Waals surface area contributed by atoms with Gasteiger partial charge in [0, 0.05) is 18.3 Å². The summed E-state index contributed by atoms with van der Waals surface area (Å²) in [6.07, 6.45) is 0. The number of aromatic nitrogens is 2. The summed E-state index contributed by atoms with van der Waals surface area (Å²) >= 11 is 0. The van der Waals surface area contributed by atoms with Gasteiger partial charge >= 0.3 is 0 Å². The van der Waals surface area contributed by atoms with E-state index < -0.39 is 0 Å². The number of anilines is 1. The normalized spacial score (nSPS) is 9.80. The molecule has 0 aliphatic heterocycles. The molecule has 0 spiro atoms. The zero-order chi connectivity index (χ0) is 11.3. The van der Waals surface area contributed by atoms with Crippen LogP contribution in [0.5, 0.6) is 0 Å². The lowest BCUT2D eigenvalue weighted by Crippen LogP contribution is -2.29. The van der Waals surface area contributed by atoms with Crippen molar-refractivity contribution in [2.45, 2.75) is 20.8 Å². The Morgan fingerprint density at radius 2 is 2.13 bits per heavy atom. The molecule has 1 rings (SSSR count). The van der Waals surface area contributed by atoms with Crippen molar-refractivity contribution in [2.75, 3.05) is 18.4 Å². The van der Waals surface area contributed by atoms with Gasteiger partial charge in [0.05, 0.1) is 6.54 Å². The van der Waals surface area contributed by atoms with E-state index in [2.05, 4.69) is 20.6 Å². The fraction of sp³-hybridized carbons (Fsp3) is 0.500. The smallest absolute Gasteiger partial charge is 0.239 e. The van der Waals surface area contributed by atoms with Gasteiger partial charge in [0.25, 0.3) is 0 Å². The van der Waals surface area contributed by atoms with Gasteiger partial charge in [0.15, 0.2) is 0 Å². The highest BCUT2D eigenvalue weighted by atomic mass is 16.1. The molecule has 1 aromatic heterocycles. The van der Waals surface area contributed by atoms with E-state index in [-0.39, 0.29) is 12.5 Å². The largest absolute Gasteiger partial charge is 0.361 e. The van der Waals surface area contributed by atoms with E-state index in [4.69, 9.17) is 0 Å². The Bertz CT molecular complexity index is 331. The van der Waals surface area contributed by atoms with Gasteiger partial charge in [0.1, 0.15) is 11.6 Å². The minimum absolute atomic E-state index is 0.0357. The maximum absolute atomic E-state index is 11.2. The van der Waals surface area contributed by atoms with Gasteiger partial charge in [0.2, 0.25) is 5.91 Å². The second-order valence-corrected chi connectivity index (χ2v) is 3.25. The summed E-state index contributed by atoms with van der Waals surface area (Å²) < 4.78 is 0. The van der Waals surface area contributed by atoms with Crippen LogP contribution in [0.2, 0.25) is 0 Å². The number of aryl methyl sites for hydroxylation is 2. The summed E-state index contributed by atoms with van der Waals surface area (Å²) in [4.78, 5) is 19.5. The molecular formula is C10H16N4O. The predicted molar refractivity (Wildman–Crippen MR) is 58.7 cm³/mol. The van der Waals surface area contributed by atoms with Crippen LogP contribution in [0.1, 0.15) is 18.4 Å². The highest BCUT2D eigenvalue weighted by Crippen LogP contribution is 2.04. The average molecular weight is 208 g/mol. The molecule has 0 atom stereocenters. The van der Waals surface area contributed by atoms with Crippen LogP contribution in [0.15, 0.2) is 6.07 Å². The van der Waals surface area contributed by atoms with Gasteiger partial charge in [-0.05, 0) is 20.8 Å². The second kappa shape index (κ2) is 5.29. The van der Waals surface area contributed by atoms with E-state index in [0.717, 1.165) is 5.69 Å². The standard InChI is InChI=1S/C10H16N4O/c1-4-11-10(15)6-12-9-5-7(2)13-8(3)14-9/h5H,4,6H2,1-3H3,(H,11,15)(H,12,13,14). The van der Waals surface area contributed by atoms with Gasteiger partial charge < -0.3 is 10.6 Å². The van der Waals surface area contributed by atoms with E-state index in [1.807, 2.05) is 26.8 Å². The molecule has 5 nitrogen and oxygen atoms in total. The van der Waals surface area contributed by atoms with Crippen molar-refractivity contribution in [3.05, 3.63) is 17.6 Å². The Morgan fingerprint density at radius 3 is 2.73 bits per heavy atom. The van der Waals surface area contributed by atoms with Crippen molar-refractivity contribution in [3.63, 3.8) is 0 Å². The van der Waals surface area contributed by atoms with Crippen LogP contribution in [0.3, 0.4) is 0 Å². The van der Waals surface area contributed by atoms with Crippen molar-refractivity contribution >= 4 is 11.7 Å². The maximum Gasteiger partial charge on any atom is 0.239 e. The van der Waals surface area contributed by atoms with E-state index in [1.165, 1.54) is 0 Å². The molecule has 0 aliphatic rings. The molecule has 1 aromatic rings. The van der Waals surface area contributed by atoms with Gasteiger partial charge in [-0.25, -0.2) is 9.97 Å². The van der Waals surface area contributed by atoms with E-state index in [1.54, 1.807) is 0 Å². The van der Waals surface area contributed by atoms with Crippen LogP contribution >= 0.6 is 0 Å². The summed E-state index contributed by atoms with van der Waals surface area (Å²) in [7, 11) is 0. The zero-order valence-electron chi connectivity index (χ0n) is 9.29. The number of rotatable bonds is 4. The first-order chi connectivity index (χ1) is 7.11. The second-order valence-electron chi connectivity index (χ2n) is 3.25. The van der Waals surface area contributed by atoms with Gasteiger partial charge in [-0.3, -0.25) is 4.79 Å². The maximum atomic E-state index is 11.2. The Hall–Kier alpha value is -1.65. The van der Waals surface area contributed by atoms with Gasteiger partial charge in [-0.1, -0.05) is 0 Å². The quantitative estimate of drug-likeness (QED) is 0.762. The number of nitrogens with zero attached hydrogens (tertiary/aromatic N) is 2. The molecule has 82 valence electrons. The molecule has 2 N–H and O–H groups in total. The number of amides is 1. The zero-order valence-corrected chi connectivity index (χ0v) is 9.29. The fourth-order valence-corrected chi connectivity index (χ4v) is 1.24. The molecule has 15 heavy (non-hydrogen) atoms. The van der Waals surface area contributed by atoms with Crippen LogP contribution in [0.25, 0.3) is 0 Å². The number of hydrogen-bond acceptors (Lipinski definition) is 4. The lowest BCUT2D eigenvalue weighted by atomic mass is 10.4. The molecule has 0 saturated heterocycles. The first-order valence-electron chi connectivity index (χ1n) is 4.94. The van der Waals surface area contributed by atoms with Crippen LogP contribution in [-0.4, -0.2) is 29.0 Å². The number of hydrogen-bond donors (Lipinski definition) is 2. The third kappa shape index (κ3) is 3.93. The lowest BCUT2D eigenvalue weighted by molar-refractivity contribution is -0.119. The van der Waals surface area contributed by atoms with Crippen LogP contribution in [0.4, 0.5) is 5.82 Å². The molecule has 0 radical (unpaired) electrons. The first-order valence-corrected chi connectivity index (χ1v) is 4.94. The summed E-state index contributed by atoms with van der Waals surface area (Å²) in [6, 6.07) is 1.81. The van der Waals surface area contributed by atoms with Gasteiger partial charge in [-0.2, -0.15) is 0 Å². The number of carbonyl (C=O) groups excluding carboxylic acids is 1. The van der Waals surface area contributed by atoms with Gasteiger partial charge in [-0.15, -0.1) is 0 Å². The van der Waals surface area contributed by atoms with Crippen LogP contribution in [-0.2, 0) is 4.79 Å². The Balaban J connectivity index is 2.54. The lowest BCUT2D eigenvalue weighted by Gasteiger charge is -2.06. The van der Waals surface area contributed by atoms with Crippen molar-refractivity contribution in [2.24, 2.45) is 0 Å². The first kappa shape index (κ1) is 11.4. The third-order valence-electron chi connectivity index (χ3n) is 1.77. The Morgan fingerprint density at radius 1 is 1.40 bits per heavy atom. The van der Waals surface area contributed by atoms with Crippen molar-refractivity contribution in [1.82, 2.24) is 15.3 Å². The van der Waals surface area contributed by atoms with Crippen LogP contribution in [0, 0.1) is 13.8 Å². The topological polar surface area (TPSA) is 66.9 Å². The van der Waals surface area contributed by atoms with Crippen LogP contribution < -0.4 is 10.6 Å². The Kier molecular flexibility index (Phi) is 4.03. The van der Waals surface area contributed by atoms with E-state index in [9.17, 15) is 4.79 Å². The SMILES string of the molecule is CCNC(=O)CNc1cc(C)nc(C)n1. The fourth-order valence-electron chi connectivity index (χ4n) is 1.24. The monoisotopic (exact) mass is 208 g/mol. The number of carbonyl (C=O) groups is 1. The summed E-state index contributed by atoms with van der Waals surface area (Å²) in [6.45, 7) is 6.49. The molecule has 5 heteroatoms. The summed E-state index contributed by atoms with van der Waals surface area (Å²) in [5.74, 6) is 1.35. The van der Waals surface area contributed by atoms with E-state index in [0.29, 0.717) is 18.2 Å². The molecule has 1 amide bonds. The summed E-state index contributed by atoms with van der Waals surface area (Å²) in [5, 5.41) is 5.65. The highest BCUT2D eigenvalue weighted by molar-refractivity contribution is 5.80. The minimum atomic E-state index is -0.0357. The summed E-state index contributed by atoms with van der Waals surface area (Å²) in [5.41, 5.74) is 0.890. The number of likely N-dealkylation sites (N-methyl/N-ethyl adjacent to an activating group) is 1. The molecule has 0 unspecified atom stereocenters. The molecule has 0 aromatic carbocycles. The third-order valence-corrected chi connectivity index (χ3v) is 1.77. The van der Waals surface area contributed by atoms with Crippen molar-refractivity contribution in [1.29, 1.82) is 0 Å².